The molecule has 0 heterocycles. The highest BCUT2D eigenvalue weighted by Crippen LogP contribution is 2.45. The van der Waals surface area contributed by atoms with Crippen LogP contribution in [0.15, 0.2) is 24.3 Å². The van der Waals surface area contributed by atoms with Gasteiger partial charge in [-0.15, -0.1) is 0 Å². The van der Waals surface area contributed by atoms with Crippen LogP contribution in [0.4, 0.5) is 0 Å². The fourth-order valence-electron chi connectivity index (χ4n) is 9.41. The molecular weight excluding hydrogens is 1140 g/mol. The first-order chi connectivity index (χ1) is 41.3. The molecule has 7 atom stereocenters. The number of hydrogen-bond acceptors (Lipinski definition) is 15. The monoisotopic (exact) mass is 1260 g/mol. The van der Waals surface area contributed by atoms with Crippen LogP contribution < -0.4 is 0 Å². The second kappa shape index (κ2) is 57.7. The fourth-order valence-corrected chi connectivity index (χ4v) is 11.0. The van der Waals surface area contributed by atoms with E-state index in [9.17, 15) is 43.2 Å². The molecule has 0 aromatic carbocycles. The number of aliphatic hydroxyl groups is 1. The van der Waals surface area contributed by atoms with Gasteiger partial charge in [0.05, 0.1) is 26.4 Å². The number of carbonyl (C=O) groups excluding carboxylic acids is 4. The number of aliphatic hydroxyl groups excluding tert-OH is 1. The number of esters is 4. The Morgan fingerprint density at radius 1 is 0.384 bits per heavy atom. The Hall–Kier alpha value is -2.46. The van der Waals surface area contributed by atoms with E-state index in [2.05, 4.69) is 72.8 Å². The summed E-state index contributed by atoms with van der Waals surface area (Å²) >= 11 is 0. The lowest BCUT2D eigenvalue weighted by Gasteiger charge is -2.21. The maximum Gasteiger partial charge on any atom is 0.472 e. The Balaban J connectivity index is 5.29. The SMILES string of the molecule is CCCCCC/C=C\C=C/CCCCCCCC(=O)O[C@H](COC(=O)CCCCCCCCC(C)C)COP(=O)(O)OC[C@@H](O)COP(=O)(O)OC[C@@H](COC(=O)CCCCCCCCC(C)CC)OC(=O)CCCCCCCCCCC(C)CC. The van der Waals surface area contributed by atoms with Crippen molar-refractivity contribution in [2.24, 2.45) is 17.8 Å². The Morgan fingerprint density at radius 2 is 0.686 bits per heavy atom. The molecule has 0 aliphatic heterocycles. The van der Waals surface area contributed by atoms with Crippen LogP contribution in [0.3, 0.4) is 0 Å². The van der Waals surface area contributed by atoms with Crippen molar-refractivity contribution in [3.63, 3.8) is 0 Å². The number of phosphoric ester groups is 2. The summed E-state index contributed by atoms with van der Waals surface area (Å²) in [4.78, 5) is 72.3. The first kappa shape index (κ1) is 83.5. The van der Waals surface area contributed by atoms with Gasteiger partial charge in [0, 0.05) is 25.7 Å². The van der Waals surface area contributed by atoms with E-state index in [0.717, 1.165) is 127 Å². The molecule has 0 radical (unpaired) electrons. The van der Waals surface area contributed by atoms with Crippen LogP contribution in [-0.2, 0) is 65.4 Å². The molecule has 19 heteroatoms. The van der Waals surface area contributed by atoms with Crippen LogP contribution in [0.25, 0.3) is 0 Å². The average molecular weight is 1270 g/mol. The van der Waals surface area contributed by atoms with Crippen LogP contribution >= 0.6 is 15.6 Å². The Morgan fingerprint density at radius 3 is 1.03 bits per heavy atom. The third-order valence-electron chi connectivity index (χ3n) is 15.5. The Kier molecular flexibility index (Phi) is 56.0. The summed E-state index contributed by atoms with van der Waals surface area (Å²) in [5.41, 5.74) is 0. The molecule has 0 rings (SSSR count). The van der Waals surface area contributed by atoms with E-state index in [1.165, 1.54) is 89.9 Å². The van der Waals surface area contributed by atoms with Gasteiger partial charge < -0.3 is 33.8 Å². The third-order valence-corrected chi connectivity index (χ3v) is 17.4. The van der Waals surface area contributed by atoms with Crippen LogP contribution in [0.5, 0.6) is 0 Å². The molecule has 86 heavy (non-hydrogen) atoms. The van der Waals surface area contributed by atoms with Gasteiger partial charge in [-0.05, 0) is 69.1 Å². The quantitative estimate of drug-likeness (QED) is 0.0169. The van der Waals surface area contributed by atoms with E-state index >= 15 is 0 Å². The van der Waals surface area contributed by atoms with Crippen molar-refractivity contribution in [2.45, 2.75) is 324 Å². The second-order valence-corrected chi connectivity index (χ2v) is 27.4. The average Bonchev–Trinajstić information content (AvgIpc) is 3.67. The van der Waals surface area contributed by atoms with E-state index in [0.29, 0.717) is 31.6 Å². The molecule has 0 saturated carbocycles. The zero-order chi connectivity index (χ0) is 63.8. The van der Waals surface area contributed by atoms with Gasteiger partial charge in [-0.25, -0.2) is 9.13 Å². The van der Waals surface area contributed by atoms with Crippen molar-refractivity contribution in [1.29, 1.82) is 0 Å². The Labute approximate surface area is 522 Å². The zero-order valence-electron chi connectivity index (χ0n) is 55.3. The number of rotatable bonds is 63. The van der Waals surface area contributed by atoms with E-state index in [4.69, 9.17) is 37.0 Å². The van der Waals surface area contributed by atoms with E-state index in [1.807, 2.05) is 0 Å². The van der Waals surface area contributed by atoms with Crippen molar-refractivity contribution >= 4 is 39.5 Å². The van der Waals surface area contributed by atoms with Crippen molar-refractivity contribution in [1.82, 2.24) is 0 Å². The maximum atomic E-state index is 13.0. The predicted octanol–water partition coefficient (Wildman–Crippen LogP) is 18.2. The largest absolute Gasteiger partial charge is 0.472 e. The highest BCUT2D eigenvalue weighted by atomic mass is 31.2. The predicted molar refractivity (Wildman–Crippen MR) is 344 cm³/mol. The summed E-state index contributed by atoms with van der Waals surface area (Å²) < 4.78 is 68.0. The fraction of sp³-hybridized carbons (Fsp3) is 0.881. The molecule has 0 aliphatic rings. The molecule has 0 aromatic rings. The normalized spacial score (nSPS) is 15.1. The molecule has 0 spiro atoms. The minimum Gasteiger partial charge on any atom is -0.462 e. The van der Waals surface area contributed by atoms with Gasteiger partial charge in [-0.3, -0.25) is 37.3 Å². The molecule has 4 unspecified atom stereocenters. The van der Waals surface area contributed by atoms with Gasteiger partial charge in [0.15, 0.2) is 12.2 Å². The number of unbranched alkanes of at least 4 members (excludes halogenated alkanes) is 26. The lowest BCUT2D eigenvalue weighted by Crippen LogP contribution is -2.30. The first-order valence-corrected chi connectivity index (χ1v) is 37.2. The number of carbonyl (C=O) groups is 4. The number of hydrogen-bond donors (Lipinski definition) is 3. The molecule has 3 N–H and O–H groups in total. The lowest BCUT2D eigenvalue weighted by atomic mass is 9.99. The second-order valence-electron chi connectivity index (χ2n) is 24.5. The molecule has 0 saturated heterocycles. The zero-order valence-corrected chi connectivity index (χ0v) is 57.0. The van der Waals surface area contributed by atoms with Gasteiger partial charge in [0.2, 0.25) is 0 Å². The van der Waals surface area contributed by atoms with E-state index < -0.39 is 97.5 Å². The topological polar surface area (TPSA) is 237 Å². The van der Waals surface area contributed by atoms with Gasteiger partial charge in [0.1, 0.15) is 19.3 Å². The van der Waals surface area contributed by atoms with Crippen molar-refractivity contribution in [3.8, 4) is 0 Å². The maximum absolute atomic E-state index is 13.0. The van der Waals surface area contributed by atoms with Gasteiger partial charge in [-0.2, -0.15) is 0 Å². The van der Waals surface area contributed by atoms with Gasteiger partial charge >= 0.3 is 39.5 Å². The summed E-state index contributed by atoms with van der Waals surface area (Å²) in [6, 6.07) is 0. The minimum atomic E-state index is -4.96. The van der Waals surface area contributed by atoms with E-state index in [-0.39, 0.29) is 25.7 Å². The molecule has 0 aromatic heterocycles. The molecular formula is C67H126O17P2. The first-order valence-electron chi connectivity index (χ1n) is 34.2. The number of ether oxygens (including phenoxy) is 4. The van der Waals surface area contributed by atoms with Crippen LogP contribution in [0.1, 0.15) is 305 Å². The molecule has 0 fully saturated rings. The summed E-state index contributed by atoms with van der Waals surface area (Å²) in [6.07, 6.45) is 42.7. The Bertz CT molecular complexity index is 1800. The minimum absolute atomic E-state index is 0.0832. The summed E-state index contributed by atoms with van der Waals surface area (Å²) in [7, 11) is -9.91. The summed E-state index contributed by atoms with van der Waals surface area (Å²) in [5, 5.41) is 10.6. The molecule has 0 bridgehead atoms. The van der Waals surface area contributed by atoms with Crippen molar-refractivity contribution in [3.05, 3.63) is 24.3 Å². The van der Waals surface area contributed by atoms with Gasteiger partial charge in [-0.1, -0.05) is 253 Å². The number of allylic oxidation sites excluding steroid dienone is 4. The van der Waals surface area contributed by atoms with Crippen molar-refractivity contribution in [2.75, 3.05) is 39.6 Å². The lowest BCUT2D eigenvalue weighted by molar-refractivity contribution is -0.161. The van der Waals surface area contributed by atoms with E-state index in [1.54, 1.807) is 0 Å². The highest BCUT2D eigenvalue weighted by Gasteiger charge is 2.30. The highest BCUT2D eigenvalue weighted by molar-refractivity contribution is 7.47. The molecule has 0 amide bonds. The standard InChI is InChI=1S/C67H126O17P2/c1-8-11-12-13-14-15-16-17-18-19-20-21-25-36-43-50-66(71)83-62(54-77-64(69)48-41-34-29-27-31-38-45-58(4)5)56-81-85(73,74)79-52-61(68)53-80-86(75,76)82-57-63(55-78-65(70)49-42-35-30-28-33-40-47-60(7)10-3)84-67(72)51-44-37-26-23-22-24-32-39-46-59(6)9-2/h15-18,58-63,68H,8-14,19-57H2,1-7H3,(H,73,74)(H,75,76)/b16-15-,18-17-/t59?,60?,61-,62-,63-/m1/s1. The molecule has 0 aliphatic carbocycles. The molecule has 17 nitrogen and oxygen atoms in total. The summed E-state index contributed by atoms with van der Waals surface area (Å²) in [5.74, 6) is 0.00647. The smallest absolute Gasteiger partial charge is 0.462 e. The van der Waals surface area contributed by atoms with Crippen LogP contribution in [0.2, 0.25) is 0 Å². The molecule has 506 valence electrons. The van der Waals surface area contributed by atoms with Crippen LogP contribution in [0, 0.1) is 17.8 Å². The number of phosphoric acid groups is 2. The third kappa shape index (κ3) is 57.9. The van der Waals surface area contributed by atoms with Crippen LogP contribution in [-0.4, -0.2) is 96.7 Å². The summed E-state index contributed by atoms with van der Waals surface area (Å²) in [6.45, 7) is 11.6. The van der Waals surface area contributed by atoms with Crippen molar-refractivity contribution < 1.29 is 80.2 Å². The van der Waals surface area contributed by atoms with Gasteiger partial charge in [0.25, 0.3) is 0 Å².